The van der Waals surface area contributed by atoms with Gasteiger partial charge < -0.3 is 14.2 Å². The minimum atomic E-state index is -0.353. The van der Waals surface area contributed by atoms with E-state index in [0.717, 1.165) is 22.6 Å². The molecular formula is C22H20N4O4S. The zero-order valence-corrected chi connectivity index (χ0v) is 18.0. The van der Waals surface area contributed by atoms with E-state index in [1.807, 2.05) is 29.6 Å². The molecule has 1 N–H and O–H groups in total. The number of amides is 1. The number of benzene rings is 2. The number of hydrogen-bond acceptors (Lipinski definition) is 7. The first-order valence-corrected chi connectivity index (χ1v) is 10.2. The molecule has 0 aliphatic heterocycles. The highest BCUT2D eigenvalue weighted by molar-refractivity contribution is 7.15. The van der Waals surface area contributed by atoms with Crippen molar-refractivity contribution in [3.8, 4) is 28.5 Å². The third kappa shape index (κ3) is 4.36. The van der Waals surface area contributed by atoms with Crippen LogP contribution in [0.3, 0.4) is 0 Å². The average Bonchev–Trinajstić information content (AvgIpc) is 3.37. The van der Waals surface area contributed by atoms with Crippen molar-refractivity contribution in [3.05, 3.63) is 59.5 Å². The van der Waals surface area contributed by atoms with E-state index in [2.05, 4.69) is 15.4 Å². The van der Waals surface area contributed by atoms with Gasteiger partial charge in [-0.2, -0.15) is 4.98 Å². The smallest absolute Gasteiger partial charge is 0.250 e. The van der Waals surface area contributed by atoms with Crippen LogP contribution in [0, 0.1) is 0 Å². The molecule has 2 aromatic carbocycles. The van der Waals surface area contributed by atoms with Crippen LogP contribution in [0.1, 0.15) is 5.56 Å². The lowest BCUT2D eigenvalue weighted by Gasteiger charge is -2.07. The van der Waals surface area contributed by atoms with Crippen molar-refractivity contribution in [2.75, 3.05) is 26.6 Å². The molecule has 2 aromatic heterocycles. The summed E-state index contributed by atoms with van der Waals surface area (Å²) in [5.74, 6) is 1.96. The highest BCUT2D eigenvalue weighted by Crippen LogP contribution is 2.28. The number of thiazole rings is 1. The molecule has 0 bridgehead atoms. The van der Waals surface area contributed by atoms with Crippen LogP contribution in [-0.2, 0) is 4.79 Å². The van der Waals surface area contributed by atoms with Crippen molar-refractivity contribution in [2.45, 2.75) is 0 Å². The molecular weight excluding hydrogens is 416 g/mol. The van der Waals surface area contributed by atoms with Gasteiger partial charge in [0.05, 0.1) is 27.0 Å². The molecule has 8 nitrogen and oxygen atoms in total. The van der Waals surface area contributed by atoms with Crippen LogP contribution in [0.15, 0.2) is 53.9 Å². The standard InChI is InChI=1S/C22H20N4O4S/c1-28-16-7-4-14(5-8-16)18-13-31-22-24-21(25-26(18)22)23-20(27)11-6-15-12-17(29-2)9-10-19(15)30-3/h4-13H,1-3H3,(H,23,25,27)/b11-6+. The van der Waals surface area contributed by atoms with Gasteiger partial charge in [0.1, 0.15) is 17.2 Å². The van der Waals surface area contributed by atoms with Crippen molar-refractivity contribution in [1.29, 1.82) is 0 Å². The molecule has 0 unspecified atom stereocenters. The van der Waals surface area contributed by atoms with Crippen molar-refractivity contribution in [2.24, 2.45) is 0 Å². The highest BCUT2D eigenvalue weighted by Gasteiger charge is 2.13. The molecule has 31 heavy (non-hydrogen) atoms. The van der Waals surface area contributed by atoms with Gasteiger partial charge in [-0.3, -0.25) is 10.1 Å². The quantitative estimate of drug-likeness (QED) is 0.438. The molecule has 0 aliphatic carbocycles. The van der Waals surface area contributed by atoms with Crippen LogP contribution >= 0.6 is 11.3 Å². The fourth-order valence-corrected chi connectivity index (χ4v) is 3.81. The SMILES string of the molecule is COc1ccc(-c2csc3nc(NC(=O)/C=C/c4cc(OC)ccc4OC)nn23)cc1. The fourth-order valence-electron chi connectivity index (χ4n) is 2.98. The zero-order chi connectivity index (χ0) is 21.8. The Morgan fingerprint density at radius 2 is 1.77 bits per heavy atom. The Morgan fingerprint density at radius 1 is 1.03 bits per heavy atom. The van der Waals surface area contributed by atoms with Gasteiger partial charge >= 0.3 is 0 Å². The van der Waals surface area contributed by atoms with Crippen LogP contribution in [0.2, 0.25) is 0 Å². The molecule has 0 saturated carbocycles. The van der Waals surface area contributed by atoms with E-state index >= 15 is 0 Å². The number of nitrogens with one attached hydrogen (secondary N) is 1. The third-order valence-corrected chi connectivity index (χ3v) is 5.37. The Hall–Kier alpha value is -3.85. The number of nitrogens with zero attached hydrogens (tertiary/aromatic N) is 3. The maximum absolute atomic E-state index is 12.4. The summed E-state index contributed by atoms with van der Waals surface area (Å²) >= 11 is 1.44. The van der Waals surface area contributed by atoms with Crippen LogP contribution in [0.4, 0.5) is 5.95 Å². The summed E-state index contributed by atoms with van der Waals surface area (Å²) in [6.07, 6.45) is 3.05. The minimum absolute atomic E-state index is 0.230. The topological polar surface area (TPSA) is 87.0 Å². The predicted octanol–water partition coefficient (Wildman–Crippen LogP) is 4.14. The molecule has 0 saturated heterocycles. The second-order valence-electron chi connectivity index (χ2n) is 6.41. The van der Waals surface area contributed by atoms with Gasteiger partial charge in [0.25, 0.3) is 11.9 Å². The number of carbonyl (C=O) groups excluding carboxylic acids is 1. The minimum Gasteiger partial charge on any atom is -0.497 e. The second kappa shape index (κ2) is 8.88. The summed E-state index contributed by atoms with van der Waals surface area (Å²) in [6.45, 7) is 0. The Balaban J connectivity index is 1.52. The lowest BCUT2D eigenvalue weighted by molar-refractivity contribution is -0.111. The molecule has 0 spiro atoms. The van der Waals surface area contributed by atoms with E-state index in [1.165, 1.54) is 17.4 Å². The van der Waals surface area contributed by atoms with E-state index in [-0.39, 0.29) is 11.9 Å². The monoisotopic (exact) mass is 436 g/mol. The number of hydrogen-bond donors (Lipinski definition) is 1. The van der Waals surface area contributed by atoms with Crippen LogP contribution in [0.25, 0.3) is 22.3 Å². The van der Waals surface area contributed by atoms with Gasteiger partial charge in [0, 0.05) is 22.6 Å². The number of methoxy groups -OCH3 is 3. The average molecular weight is 436 g/mol. The van der Waals surface area contributed by atoms with Gasteiger partial charge in [-0.1, -0.05) is 0 Å². The van der Waals surface area contributed by atoms with E-state index in [1.54, 1.807) is 50.1 Å². The lowest BCUT2D eigenvalue weighted by Crippen LogP contribution is -2.09. The Morgan fingerprint density at radius 3 is 2.48 bits per heavy atom. The maximum Gasteiger partial charge on any atom is 0.250 e. The summed E-state index contributed by atoms with van der Waals surface area (Å²) < 4.78 is 17.5. The molecule has 158 valence electrons. The number of ether oxygens (including phenoxy) is 3. The molecule has 9 heteroatoms. The third-order valence-electron chi connectivity index (χ3n) is 4.55. The van der Waals surface area contributed by atoms with Gasteiger partial charge in [0.15, 0.2) is 0 Å². The van der Waals surface area contributed by atoms with E-state index < -0.39 is 0 Å². The number of anilines is 1. The largest absolute Gasteiger partial charge is 0.497 e. The van der Waals surface area contributed by atoms with Gasteiger partial charge in [0.2, 0.25) is 4.96 Å². The first-order valence-electron chi connectivity index (χ1n) is 9.31. The molecule has 0 atom stereocenters. The second-order valence-corrected chi connectivity index (χ2v) is 7.25. The van der Waals surface area contributed by atoms with Gasteiger partial charge in [-0.25, -0.2) is 4.52 Å². The van der Waals surface area contributed by atoms with Crippen LogP contribution in [-0.4, -0.2) is 41.8 Å². The number of aromatic nitrogens is 3. The Kier molecular flexibility index (Phi) is 5.85. The number of carbonyl (C=O) groups is 1. The Labute approximate surface area is 182 Å². The molecule has 4 rings (SSSR count). The summed E-state index contributed by atoms with van der Waals surface area (Å²) in [6, 6.07) is 13.0. The van der Waals surface area contributed by atoms with Crippen molar-refractivity contribution >= 4 is 34.2 Å². The van der Waals surface area contributed by atoms with E-state index in [0.29, 0.717) is 16.5 Å². The first kappa shape index (κ1) is 20.4. The maximum atomic E-state index is 12.4. The zero-order valence-electron chi connectivity index (χ0n) is 17.2. The number of rotatable bonds is 7. The summed E-state index contributed by atoms with van der Waals surface area (Å²) in [4.78, 5) is 17.5. The molecule has 4 aromatic rings. The van der Waals surface area contributed by atoms with Crippen LogP contribution in [0.5, 0.6) is 17.2 Å². The van der Waals surface area contributed by atoms with E-state index in [9.17, 15) is 4.79 Å². The number of fused-ring (bicyclic) bond motifs is 1. The normalized spacial score (nSPS) is 11.1. The molecule has 2 heterocycles. The summed E-state index contributed by atoms with van der Waals surface area (Å²) in [5, 5.41) is 9.09. The fraction of sp³-hybridized carbons (Fsp3) is 0.136. The van der Waals surface area contributed by atoms with Crippen molar-refractivity contribution in [3.63, 3.8) is 0 Å². The first-order chi connectivity index (χ1) is 15.1. The van der Waals surface area contributed by atoms with E-state index in [4.69, 9.17) is 14.2 Å². The molecule has 0 radical (unpaired) electrons. The highest BCUT2D eigenvalue weighted by atomic mass is 32.1. The predicted molar refractivity (Wildman–Crippen MR) is 120 cm³/mol. The molecule has 1 amide bonds. The molecule has 0 aliphatic rings. The van der Waals surface area contributed by atoms with Gasteiger partial charge in [-0.15, -0.1) is 16.4 Å². The van der Waals surface area contributed by atoms with Crippen molar-refractivity contribution < 1.29 is 19.0 Å². The summed E-state index contributed by atoms with van der Waals surface area (Å²) in [5.41, 5.74) is 2.57. The lowest BCUT2D eigenvalue weighted by atomic mass is 10.1. The summed E-state index contributed by atoms with van der Waals surface area (Å²) in [7, 11) is 4.78. The van der Waals surface area contributed by atoms with Gasteiger partial charge in [-0.05, 0) is 48.5 Å². The Bertz CT molecular complexity index is 1240. The van der Waals surface area contributed by atoms with Crippen molar-refractivity contribution in [1.82, 2.24) is 14.6 Å². The molecule has 0 fully saturated rings. The van der Waals surface area contributed by atoms with Crippen LogP contribution < -0.4 is 19.5 Å².